The number of hydrogen-bond donors (Lipinski definition) is 1. The minimum Gasteiger partial charge on any atom is -0.481 e. The highest BCUT2D eigenvalue weighted by molar-refractivity contribution is 5.67. The molecule has 2 atom stereocenters. The molecule has 0 radical (unpaired) electrons. The Morgan fingerprint density at radius 1 is 1.47 bits per heavy atom. The van der Waals surface area contributed by atoms with Crippen molar-refractivity contribution in [1.82, 2.24) is 0 Å². The molecule has 0 bridgehead atoms. The van der Waals surface area contributed by atoms with Crippen LogP contribution >= 0.6 is 0 Å². The van der Waals surface area contributed by atoms with Crippen molar-refractivity contribution in [1.29, 1.82) is 0 Å². The van der Waals surface area contributed by atoms with E-state index in [9.17, 15) is 14.9 Å². The van der Waals surface area contributed by atoms with Crippen molar-refractivity contribution in [3.63, 3.8) is 0 Å². The molecule has 0 aromatic heterocycles. The molecule has 1 aliphatic rings. The topological polar surface area (TPSA) is 80.4 Å². The zero-order valence-electron chi connectivity index (χ0n) is 9.10. The number of rotatable bonds is 4. The molecule has 86 valence electrons. The van der Waals surface area contributed by atoms with Crippen LogP contribution < -0.4 is 0 Å². The molecule has 0 aromatic carbocycles. The summed E-state index contributed by atoms with van der Waals surface area (Å²) in [6.07, 6.45) is 1.23. The standard InChI is InChI=1S/C10H17NO4/c1-7-3-10(4-8(7)2,5-9(12)13)6-11(14)15/h7-8H,3-6H2,1-2H3,(H,12,13)/t7-,8-/m0/s1. The second kappa shape index (κ2) is 4.16. The van der Waals surface area contributed by atoms with Crippen molar-refractivity contribution >= 4 is 5.97 Å². The lowest BCUT2D eigenvalue weighted by Gasteiger charge is -2.22. The molecule has 0 unspecified atom stereocenters. The van der Waals surface area contributed by atoms with Gasteiger partial charge in [0.15, 0.2) is 0 Å². The molecule has 0 spiro atoms. The van der Waals surface area contributed by atoms with Crippen LogP contribution in [0.15, 0.2) is 0 Å². The van der Waals surface area contributed by atoms with Crippen LogP contribution in [0, 0.1) is 27.4 Å². The van der Waals surface area contributed by atoms with Crippen molar-refractivity contribution < 1.29 is 14.8 Å². The Kier molecular flexibility index (Phi) is 3.31. The van der Waals surface area contributed by atoms with Gasteiger partial charge < -0.3 is 5.11 Å². The molecule has 1 fully saturated rings. The molecule has 0 heterocycles. The van der Waals surface area contributed by atoms with Gasteiger partial charge >= 0.3 is 5.97 Å². The van der Waals surface area contributed by atoms with Crippen molar-refractivity contribution in [3.8, 4) is 0 Å². The first-order valence-corrected chi connectivity index (χ1v) is 5.18. The second-order valence-electron chi connectivity index (χ2n) is 4.92. The molecular weight excluding hydrogens is 198 g/mol. The Morgan fingerprint density at radius 3 is 2.27 bits per heavy atom. The summed E-state index contributed by atoms with van der Waals surface area (Å²) >= 11 is 0. The summed E-state index contributed by atoms with van der Waals surface area (Å²) < 4.78 is 0. The molecule has 1 N–H and O–H groups in total. The van der Waals surface area contributed by atoms with E-state index in [0.717, 1.165) is 0 Å². The van der Waals surface area contributed by atoms with Crippen LogP contribution in [0.25, 0.3) is 0 Å². The van der Waals surface area contributed by atoms with Gasteiger partial charge in [0.1, 0.15) is 0 Å². The van der Waals surface area contributed by atoms with Crippen LogP contribution in [0.3, 0.4) is 0 Å². The normalized spacial score (nSPS) is 28.9. The van der Waals surface area contributed by atoms with Crippen LogP contribution in [0.1, 0.15) is 33.1 Å². The summed E-state index contributed by atoms with van der Waals surface area (Å²) in [6.45, 7) is 3.86. The summed E-state index contributed by atoms with van der Waals surface area (Å²) in [6, 6.07) is 0. The molecule has 0 aromatic rings. The fourth-order valence-corrected chi connectivity index (χ4v) is 2.78. The maximum Gasteiger partial charge on any atom is 0.304 e. The van der Waals surface area contributed by atoms with Gasteiger partial charge in [-0.1, -0.05) is 13.8 Å². The lowest BCUT2D eigenvalue weighted by molar-refractivity contribution is -0.497. The van der Waals surface area contributed by atoms with Crippen LogP contribution in [-0.2, 0) is 4.79 Å². The van der Waals surface area contributed by atoms with Gasteiger partial charge in [0.25, 0.3) is 0 Å². The predicted octanol–water partition coefficient (Wildman–Crippen LogP) is 1.79. The van der Waals surface area contributed by atoms with E-state index < -0.39 is 11.4 Å². The molecule has 5 nitrogen and oxygen atoms in total. The zero-order chi connectivity index (χ0) is 11.6. The largest absolute Gasteiger partial charge is 0.481 e. The number of carboxylic acids is 1. The first-order valence-electron chi connectivity index (χ1n) is 5.18. The van der Waals surface area contributed by atoms with Crippen molar-refractivity contribution in [2.75, 3.05) is 6.54 Å². The van der Waals surface area contributed by atoms with E-state index in [1.165, 1.54) is 0 Å². The van der Waals surface area contributed by atoms with Gasteiger partial charge in [-0.3, -0.25) is 14.9 Å². The number of hydrogen-bond acceptors (Lipinski definition) is 3. The van der Waals surface area contributed by atoms with E-state index in [1.54, 1.807) is 0 Å². The van der Waals surface area contributed by atoms with Crippen molar-refractivity contribution in [2.45, 2.75) is 33.1 Å². The lowest BCUT2D eigenvalue weighted by Crippen LogP contribution is -2.30. The van der Waals surface area contributed by atoms with Gasteiger partial charge in [0.05, 0.1) is 6.42 Å². The third kappa shape index (κ3) is 2.91. The van der Waals surface area contributed by atoms with Crippen LogP contribution in [0.2, 0.25) is 0 Å². The predicted molar refractivity (Wildman–Crippen MR) is 54.1 cm³/mol. The first-order chi connectivity index (χ1) is 6.84. The number of nitro groups is 1. The van der Waals surface area contributed by atoms with Crippen LogP contribution in [-0.4, -0.2) is 22.5 Å². The van der Waals surface area contributed by atoms with E-state index >= 15 is 0 Å². The number of carboxylic acid groups (broad SMARTS) is 1. The fourth-order valence-electron chi connectivity index (χ4n) is 2.78. The van der Waals surface area contributed by atoms with Gasteiger partial charge in [-0.15, -0.1) is 0 Å². The van der Waals surface area contributed by atoms with Gasteiger partial charge in [0.2, 0.25) is 6.54 Å². The molecule has 0 saturated heterocycles. The Morgan fingerprint density at radius 2 is 1.93 bits per heavy atom. The molecular formula is C10H17NO4. The smallest absolute Gasteiger partial charge is 0.304 e. The molecule has 5 heteroatoms. The molecule has 0 aliphatic heterocycles. The monoisotopic (exact) mass is 215 g/mol. The quantitative estimate of drug-likeness (QED) is 0.572. The summed E-state index contributed by atoms with van der Waals surface area (Å²) in [5, 5.41) is 19.4. The third-order valence-electron chi connectivity index (χ3n) is 3.47. The maximum absolute atomic E-state index is 10.7. The summed E-state index contributed by atoms with van der Waals surface area (Å²) in [5.41, 5.74) is -0.617. The maximum atomic E-state index is 10.7. The Bertz CT molecular complexity index is 249. The van der Waals surface area contributed by atoms with E-state index in [4.69, 9.17) is 5.11 Å². The molecule has 1 saturated carbocycles. The van der Waals surface area contributed by atoms with Gasteiger partial charge in [-0.05, 0) is 24.7 Å². The van der Waals surface area contributed by atoms with E-state index in [2.05, 4.69) is 0 Å². The molecule has 15 heavy (non-hydrogen) atoms. The first kappa shape index (κ1) is 11.9. The van der Waals surface area contributed by atoms with Gasteiger partial charge in [0, 0.05) is 10.3 Å². The van der Waals surface area contributed by atoms with Crippen molar-refractivity contribution in [3.05, 3.63) is 10.1 Å². The van der Waals surface area contributed by atoms with Gasteiger partial charge in [-0.25, -0.2) is 0 Å². The minimum atomic E-state index is -0.932. The van der Waals surface area contributed by atoms with E-state index in [-0.39, 0.29) is 17.9 Å². The minimum absolute atomic E-state index is 0.0807. The van der Waals surface area contributed by atoms with E-state index in [1.807, 2.05) is 13.8 Å². The fraction of sp³-hybridized carbons (Fsp3) is 0.900. The molecule has 1 aliphatic carbocycles. The Labute approximate surface area is 88.6 Å². The molecule has 0 amide bonds. The van der Waals surface area contributed by atoms with Crippen LogP contribution in [0.5, 0.6) is 0 Å². The zero-order valence-corrected chi connectivity index (χ0v) is 9.10. The van der Waals surface area contributed by atoms with Crippen LogP contribution in [0.4, 0.5) is 0 Å². The number of aliphatic carboxylic acids is 1. The molecule has 1 rings (SSSR count). The summed E-state index contributed by atoms with van der Waals surface area (Å²) in [4.78, 5) is 20.9. The highest BCUT2D eigenvalue weighted by atomic mass is 16.6. The third-order valence-corrected chi connectivity index (χ3v) is 3.47. The van der Waals surface area contributed by atoms with E-state index in [0.29, 0.717) is 24.7 Å². The summed E-state index contributed by atoms with van der Waals surface area (Å²) in [7, 11) is 0. The van der Waals surface area contributed by atoms with Gasteiger partial charge in [-0.2, -0.15) is 0 Å². The average Bonchev–Trinajstić information content (AvgIpc) is 2.23. The highest BCUT2D eigenvalue weighted by Crippen LogP contribution is 2.47. The second-order valence-corrected chi connectivity index (χ2v) is 4.92. The number of carbonyl (C=O) groups is 1. The number of nitrogens with zero attached hydrogens (tertiary/aromatic N) is 1. The highest BCUT2D eigenvalue weighted by Gasteiger charge is 2.46. The Hall–Kier alpha value is -1.13. The average molecular weight is 215 g/mol. The lowest BCUT2D eigenvalue weighted by atomic mass is 9.81. The SMILES string of the molecule is C[C@H]1CC(CC(=O)O)(C[N+](=O)[O-])C[C@@H]1C. The van der Waals surface area contributed by atoms with Crippen molar-refractivity contribution in [2.24, 2.45) is 17.3 Å². The summed E-state index contributed by atoms with van der Waals surface area (Å²) in [5.74, 6) is -0.174. The Balaban J connectivity index is 2.78.